The molecule has 0 aliphatic heterocycles. The predicted molar refractivity (Wildman–Crippen MR) is 67.7 cm³/mol. The van der Waals surface area contributed by atoms with E-state index in [4.69, 9.17) is 5.73 Å². The molecule has 0 unspecified atom stereocenters. The molecule has 0 saturated carbocycles. The number of anilines is 1. The van der Waals surface area contributed by atoms with Gasteiger partial charge in [0.25, 0.3) is 5.69 Å². The Morgan fingerprint density at radius 2 is 1.82 bits per heavy atom. The van der Waals surface area contributed by atoms with Crippen molar-refractivity contribution in [3.63, 3.8) is 0 Å². The summed E-state index contributed by atoms with van der Waals surface area (Å²) in [6.07, 6.45) is 0. The van der Waals surface area contributed by atoms with E-state index in [1.807, 2.05) is 19.1 Å². The number of para-hydroxylation sites is 1. The Morgan fingerprint density at radius 1 is 1.12 bits per heavy atom. The van der Waals surface area contributed by atoms with Gasteiger partial charge in [-0.15, -0.1) is 0 Å². The van der Waals surface area contributed by atoms with Gasteiger partial charge in [-0.1, -0.05) is 24.3 Å². The molecule has 4 heteroatoms. The number of hydrogen-bond donors (Lipinski definition) is 1. The van der Waals surface area contributed by atoms with Gasteiger partial charge in [-0.2, -0.15) is 0 Å². The third kappa shape index (κ3) is 2.10. The van der Waals surface area contributed by atoms with Crippen LogP contribution in [0.25, 0.3) is 11.1 Å². The molecule has 2 rings (SSSR count). The summed E-state index contributed by atoms with van der Waals surface area (Å²) < 4.78 is 0. The largest absolute Gasteiger partial charge is 0.398 e. The summed E-state index contributed by atoms with van der Waals surface area (Å²) in [7, 11) is 0. The lowest BCUT2D eigenvalue weighted by Gasteiger charge is -2.06. The van der Waals surface area contributed by atoms with Gasteiger partial charge in [0.05, 0.1) is 10.5 Å². The Labute approximate surface area is 98.8 Å². The minimum absolute atomic E-state index is 0.0860. The van der Waals surface area contributed by atoms with Gasteiger partial charge in [0.2, 0.25) is 0 Å². The van der Waals surface area contributed by atoms with Gasteiger partial charge in [-0.05, 0) is 24.6 Å². The summed E-state index contributed by atoms with van der Waals surface area (Å²) in [5, 5.41) is 11.0. The fourth-order valence-corrected chi connectivity index (χ4v) is 1.76. The molecule has 0 aromatic heterocycles. The first kappa shape index (κ1) is 11.1. The third-order valence-corrected chi connectivity index (χ3v) is 2.60. The van der Waals surface area contributed by atoms with Gasteiger partial charge in [-0.25, -0.2) is 0 Å². The zero-order chi connectivity index (χ0) is 12.4. The van der Waals surface area contributed by atoms with Crippen LogP contribution in [-0.4, -0.2) is 4.92 Å². The maximum atomic E-state index is 11.0. The van der Waals surface area contributed by atoms with Gasteiger partial charge in [0.1, 0.15) is 0 Å². The highest BCUT2D eigenvalue weighted by Crippen LogP contribution is 2.33. The average molecular weight is 228 g/mol. The lowest BCUT2D eigenvalue weighted by molar-refractivity contribution is -0.384. The molecule has 86 valence electrons. The topological polar surface area (TPSA) is 69.2 Å². The average Bonchev–Trinajstić information content (AvgIpc) is 2.30. The molecule has 0 radical (unpaired) electrons. The van der Waals surface area contributed by atoms with Crippen LogP contribution in [0.15, 0.2) is 42.5 Å². The van der Waals surface area contributed by atoms with Crippen LogP contribution in [-0.2, 0) is 0 Å². The number of nitrogens with zero attached hydrogens (tertiary/aromatic N) is 1. The van der Waals surface area contributed by atoms with Crippen molar-refractivity contribution in [2.45, 2.75) is 6.92 Å². The lowest BCUT2D eigenvalue weighted by atomic mass is 10.0. The lowest BCUT2D eigenvalue weighted by Crippen LogP contribution is -1.95. The molecule has 2 aromatic carbocycles. The molecule has 0 fully saturated rings. The second-order valence-corrected chi connectivity index (χ2v) is 3.86. The fourth-order valence-electron chi connectivity index (χ4n) is 1.76. The molecular formula is C13H12N2O2. The van der Waals surface area contributed by atoms with Crippen LogP contribution in [0.1, 0.15) is 5.56 Å². The Balaban J connectivity index is 2.68. The van der Waals surface area contributed by atoms with Crippen molar-refractivity contribution >= 4 is 11.4 Å². The van der Waals surface area contributed by atoms with Gasteiger partial charge in [0, 0.05) is 17.3 Å². The molecule has 0 spiro atoms. The van der Waals surface area contributed by atoms with E-state index in [1.165, 1.54) is 0 Å². The molecule has 17 heavy (non-hydrogen) atoms. The van der Waals surface area contributed by atoms with E-state index in [0.29, 0.717) is 16.8 Å². The Morgan fingerprint density at radius 3 is 2.47 bits per heavy atom. The van der Waals surface area contributed by atoms with Crippen molar-refractivity contribution < 1.29 is 4.92 Å². The first-order valence-corrected chi connectivity index (χ1v) is 5.19. The van der Waals surface area contributed by atoms with E-state index in [9.17, 15) is 10.1 Å². The number of nitro benzene ring substituents is 1. The monoisotopic (exact) mass is 228 g/mol. The van der Waals surface area contributed by atoms with E-state index >= 15 is 0 Å². The Kier molecular flexibility index (Phi) is 2.78. The SMILES string of the molecule is Cc1ccc(-c2ccccc2N)c([N+](=O)[O-])c1. The summed E-state index contributed by atoms with van der Waals surface area (Å²) in [5.74, 6) is 0. The van der Waals surface area contributed by atoms with Crippen molar-refractivity contribution in [3.05, 3.63) is 58.1 Å². The number of benzene rings is 2. The first-order valence-electron chi connectivity index (χ1n) is 5.19. The van der Waals surface area contributed by atoms with Crippen molar-refractivity contribution in [3.8, 4) is 11.1 Å². The van der Waals surface area contributed by atoms with E-state index < -0.39 is 0 Å². The van der Waals surface area contributed by atoms with E-state index in [2.05, 4.69) is 0 Å². The quantitative estimate of drug-likeness (QED) is 0.487. The van der Waals surface area contributed by atoms with Crippen LogP contribution in [0.4, 0.5) is 11.4 Å². The number of nitro groups is 1. The fraction of sp³-hybridized carbons (Fsp3) is 0.0769. The summed E-state index contributed by atoms with van der Waals surface area (Å²) in [5.41, 5.74) is 8.57. The molecule has 0 bridgehead atoms. The van der Waals surface area contributed by atoms with E-state index in [0.717, 1.165) is 5.56 Å². The van der Waals surface area contributed by atoms with Crippen molar-refractivity contribution in [1.29, 1.82) is 0 Å². The number of nitrogen functional groups attached to an aromatic ring is 1. The molecule has 0 aliphatic rings. The first-order chi connectivity index (χ1) is 8.09. The van der Waals surface area contributed by atoms with Crippen LogP contribution in [0.5, 0.6) is 0 Å². The zero-order valence-electron chi connectivity index (χ0n) is 9.38. The number of rotatable bonds is 2. The summed E-state index contributed by atoms with van der Waals surface area (Å²) in [6, 6.07) is 12.3. The molecule has 2 N–H and O–H groups in total. The van der Waals surface area contributed by atoms with Gasteiger partial charge in [-0.3, -0.25) is 10.1 Å². The van der Waals surface area contributed by atoms with Crippen LogP contribution in [0, 0.1) is 17.0 Å². The smallest absolute Gasteiger partial charge is 0.277 e. The number of hydrogen-bond acceptors (Lipinski definition) is 3. The van der Waals surface area contributed by atoms with Gasteiger partial charge in [0.15, 0.2) is 0 Å². The number of aryl methyl sites for hydroxylation is 1. The van der Waals surface area contributed by atoms with E-state index in [-0.39, 0.29) is 10.6 Å². The molecule has 2 aromatic rings. The Hall–Kier alpha value is -2.36. The van der Waals surface area contributed by atoms with E-state index in [1.54, 1.807) is 30.3 Å². The van der Waals surface area contributed by atoms with Gasteiger partial charge >= 0.3 is 0 Å². The van der Waals surface area contributed by atoms with Crippen molar-refractivity contribution in [2.75, 3.05) is 5.73 Å². The predicted octanol–water partition coefficient (Wildman–Crippen LogP) is 3.15. The maximum absolute atomic E-state index is 11.0. The third-order valence-electron chi connectivity index (χ3n) is 2.60. The molecule has 0 amide bonds. The normalized spacial score (nSPS) is 10.2. The molecule has 4 nitrogen and oxygen atoms in total. The van der Waals surface area contributed by atoms with Crippen molar-refractivity contribution in [1.82, 2.24) is 0 Å². The minimum atomic E-state index is -0.380. The Bertz CT molecular complexity index is 579. The highest BCUT2D eigenvalue weighted by Gasteiger charge is 2.16. The summed E-state index contributed by atoms with van der Waals surface area (Å²) in [6.45, 7) is 1.82. The van der Waals surface area contributed by atoms with Crippen LogP contribution in [0.3, 0.4) is 0 Å². The maximum Gasteiger partial charge on any atom is 0.277 e. The molecule has 0 atom stereocenters. The minimum Gasteiger partial charge on any atom is -0.398 e. The molecule has 0 saturated heterocycles. The zero-order valence-corrected chi connectivity index (χ0v) is 9.38. The van der Waals surface area contributed by atoms with Gasteiger partial charge < -0.3 is 5.73 Å². The molecular weight excluding hydrogens is 216 g/mol. The van der Waals surface area contributed by atoms with Crippen LogP contribution >= 0.6 is 0 Å². The second kappa shape index (κ2) is 4.25. The van der Waals surface area contributed by atoms with Crippen LogP contribution in [0.2, 0.25) is 0 Å². The molecule has 0 aliphatic carbocycles. The second-order valence-electron chi connectivity index (χ2n) is 3.86. The highest BCUT2D eigenvalue weighted by molar-refractivity contribution is 5.82. The standard InChI is InChI=1S/C13H12N2O2/c1-9-6-7-11(13(8-9)15(16)17)10-4-2-3-5-12(10)14/h2-8H,14H2,1H3. The van der Waals surface area contributed by atoms with Crippen molar-refractivity contribution in [2.24, 2.45) is 0 Å². The summed E-state index contributed by atoms with van der Waals surface area (Å²) in [4.78, 5) is 10.6. The molecule has 0 heterocycles. The van der Waals surface area contributed by atoms with Crippen LogP contribution < -0.4 is 5.73 Å². The number of nitrogens with two attached hydrogens (primary N) is 1. The highest BCUT2D eigenvalue weighted by atomic mass is 16.6. The summed E-state index contributed by atoms with van der Waals surface area (Å²) >= 11 is 0.